The van der Waals surface area contributed by atoms with Crippen LogP contribution in [-0.4, -0.2) is 41.8 Å². The number of nitrogens with one attached hydrogen (secondary N) is 1. The number of alkyl halides is 3. The molecule has 34 heavy (non-hydrogen) atoms. The number of anilines is 1. The molecular weight excluding hydrogens is 489 g/mol. The number of amides is 2. The van der Waals surface area contributed by atoms with Crippen molar-refractivity contribution in [2.75, 3.05) is 12.4 Å². The van der Waals surface area contributed by atoms with Crippen LogP contribution >= 0.6 is 11.6 Å². The molecule has 0 radical (unpaired) electrons. The van der Waals surface area contributed by atoms with Gasteiger partial charge < -0.3 is 20.5 Å². The van der Waals surface area contributed by atoms with Gasteiger partial charge in [0.25, 0.3) is 11.8 Å². The number of ether oxygens (including phenoxy) is 2. The third-order valence-electron chi connectivity index (χ3n) is 5.92. The highest BCUT2D eigenvalue weighted by Crippen LogP contribution is 2.55. The van der Waals surface area contributed by atoms with Gasteiger partial charge in [-0.25, -0.2) is 4.39 Å². The van der Waals surface area contributed by atoms with Gasteiger partial charge in [0, 0.05) is 29.3 Å². The molecule has 1 fully saturated rings. The second-order valence-electron chi connectivity index (χ2n) is 7.85. The van der Waals surface area contributed by atoms with Crippen LogP contribution in [0.25, 0.3) is 0 Å². The summed E-state index contributed by atoms with van der Waals surface area (Å²) < 4.78 is 80.7. The number of hydrogen-bond donors (Lipinski definition) is 2. The molecule has 0 bridgehead atoms. The van der Waals surface area contributed by atoms with E-state index in [1.54, 1.807) is 0 Å². The highest BCUT2D eigenvalue weighted by molar-refractivity contribution is 6.30. The normalized spacial score (nSPS) is 24.7. The second-order valence-corrected chi connectivity index (χ2v) is 8.26. The summed E-state index contributed by atoms with van der Waals surface area (Å²) in [6, 6.07) is 3.30. The van der Waals surface area contributed by atoms with E-state index in [-0.39, 0.29) is 16.9 Å². The highest BCUT2D eigenvalue weighted by atomic mass is 35.5. The van der Waals surface area contributed by atoms with Crippen LogP contribution in [0.4, 0.5) is 27.6 Å². The van der Waals surface area contributed by atoms with E-state index in [1.807, 2.05) is 0 Å². The number of carbonyl (C=O) groups is 2. The topological polar surface area (TPSA) is 104 Å². The summed E-state index contributed by atoms with van der Waals surface area (Å²) in [5.74, 6) is -8.53. The number of halogens is 6. The fourth-order valence-electron chi connectivity index (χ4n) is 3.93. The van der Waals surface area contributed by atoms with E-state index in [9.17, 15) is 31.5 Å². The molecule has 13 heteroatoms. The highest BCUT2D eigenvalue weighted by Gasteiger charge is 2.66. The Kier molecular flexibility index (Phi) is 6.78. The first kappa shape index (κ1) is 25.6. The van der Waals surface area contributed by atoms with Gasteiger partial charge in [0.2, 0.25) is 5.82 Å². The van der Waals surface area contributed by atoms with Crippen molar-refractivity contribution in [3.63, 3.8) is 0 Å². The van der Waals surface area contributed by atoms with E-state index in [4.69, 9.17) is 26.8 Å². The molecule has 1 aromatic heterocycles. The van der Waals surface area contributed by atoms with Gasteiger partial charge in [-0.15, -0.1) is 0 Å². The number of aromatic nitrogens is 1. The monoisotopic (exact) mass is 507 g/mol. The summed E-state index contributed by atoms with van der Waals surface area (Å²) in [6.45, 7) is 1.92. The third-order valence-corrected chi connectivity index (χ3v) is 6.19. The molecule has 3 rings (SSSR count). The molecule has 3 N–H and O–H groups in total. The third kappa shape index (κ3) is 4.27. The molecule has 0 spiro atoms. The van der Waals surface area contributed by atoms with Crippen LogP contribution in [0.2, 0.25) is 5.02 Å². The lowest BCUT2D eigenvalue weighted by atomic mass is 9.77. The minimum atomic E-state index is -4.93. The van der Waals surface area contributed by atoms with Crippen molar-refractivity contribution in [3.8, 4) is 5.75 Å². The zero-order valence-corrected chi connectivity index (χ0v) is 18.7. The average molecular weight is 508 g/mol. The van der Waals surface area contributed by atoms with Crippen LogP contribution in [0.5, 0.6) is 5.75 Å². The number of rotatable bonds is 5. The lowest BCUT2D eigenvalue weighted by molar-refractivity contribution is -0.272. The zero-order valence-electron chi connectivity index (χ0n) is 18.0. The van der Waals surface area contributed by atoms with Crippen molar-refractivity contribution in [2.24, 2.45) is 11.7 Å². The Labute approximate surface area is 195 Å². The van der Waals surface area contributed by atoms with E-state index in [1.165, 1.54) is 6.07 Å². The van der Waals surface area contributed by atoms with Crippen molar-refractivity contribution in [1.29, 1.82) is 0 Å². The van der Waals surface area contributed by atoms with Gasteiger partial charge in [-0.1, -0.05) is 18.5 Å². The van der Waals surface area contributed by atoms with Gasteiger partial charge >= 0.3 is 6.18 Å². The first-order valence-electron chi connectivity index (χ1n) is 9.75. The van der Waals surface area contributed by atoms with E-state index in [0.717, 1.165) is 39.3 Å². The number of benzene rings is 1. The van der Waals surface area contributed by atoms with Crippen LogP contribution in [-0.2, 0) is 9.53 Å². The smallest absolute Gasteiger partial charge is 0.417 e. The summed E-state index contributed by atoms with van der Waals surface area (Å²) in [4.78, 5) is 28.1. The van der Waals surface area contributed by atoms with Crippen molar-refractivity contribution < 1.29 is 41.0 Å². The van der Waals surface area contributed by atoms with Gasteiger partial charge in [-0.3, -0.25) is 14.6 Å². The van der Waals surface area contributed by atoms with E-state index in [2.05, 4.69) is 10.3 Å². The lowest BCUT2D eigenvalue weighted by Crippen LogP contribution is -2.47. The fraction of sp³-hybridized carbons (Fsp3) is 0.381. The average Bonchev–Trinajstić information content (AvgIpc) is 3.04. The SMILES string of the molecule is COc1c([C@H]2[C@H](C(=O)Nc3ccnc(C(N)=O)c3)O[C@](C)(C(F)(F)F)[C@H]2C)cc(Cl)c(F)c1F. The maximum absolute atomic E-state index is 14.5. The van der Waals surface area contributed by atoms with Crippen LogP contribution < -0.4 is 15.8 Å². The Balaban J connectivity index is 2.12. The minimum absolute atomic E-state index is 0.000279. The van der Waals surface area contributed by atoms with Crippen LogP contribution in [0, 0.1) is 17.6 Å². The number of methoxy groups -OCH3 is 1. The molecule has 1 aliphatic heterocycles. The molecule has 1 aromatic carbocycles. The van der Waals surface area contributed by atoms with Crippen LogP contribution in [0.1, 0.15) is 35.8 Å². The summed E-state index contributed by atoms with van der Waals surface area (Å²) in [5, 5.41) is 1.64. The van der Waals surface area contributed by atoms with Crippen LogP contribution in [0.15, 0.2) is 24.4 Å². The van der Waals surface area contributed by atoms with Gasteiger partial charge in [0.15, 0.2) is 17.2 Å². The number of carbonyl (C=O) groups excluding carboxylic acids is 2. The summed E-state index contributed by atoms with van der Waals surface area (Å²) in [5.41, 5.74) is 1.83. The maximum Gasteiger partial charge on any atom is 0.417 e. The van der Waals surface area contributed by atoms with E-state index in [0.29, 0.717) is 0 Å². The second kappa shape index (κ2) is 8.99. The molecular formula is C21H19ClF5N3O4. The van der Waals surface area contributed by atoms with Crippen LogP contribution in [0.3, 0.4) is 0 Å². The molecule has 2 aromatic rings. The van der Waals surface area contributed by atoms with Gasteiger partial charge in [0.05, 0.1) is 12.1 Å². The van der Waals surface area contributed by atoms with Gasteiger partial charge in [0.1, 0.15) is 11.8 Å². The molecule has 1 saturated heterocycles. The molecule has 4 atom stereocenters. The van der Waals surface area contributed by atoms with E-state index >= 15 is 0 Å². The van der Waals surface area contributed by atoms with Gasteiger partial charge in [-0.2, -0.15) is 17.6 Å². The Bertz CT molecular complexity index is 1150. The van der Waals surface area contributed by atoms with Crippen molar-refractivity contribution in [2.45, 2.75) is 37.6 Å². The lowest BCUT2D eigenvalue weighted by Gasteiger charge is -2.32. The number of hydrogen-bond acceptors (Lipinski definition) is 5. The predicted octanol–water partition coefficient (Wildman–Crippen LogP) is 4.20. The van der Waals surface area contributed by atoms with Crippen molar-refractivity contribution >= 4 is 29.1 Å². The summed E-state index contributed by atoms with van der Waals surface area (Å²) >= 11 is 5.75. The maximum atomic E-state index is 14.5. The largest absolute Gasteiger partial charge is 0.493 e. The first-order chi connectivity index (χ1) is 15.7. The Morgan fingerprint density at radius 1 is 1.26 bits per heavy atom. The molecule has 1 aliphatic rings. The molecule has 0 unspecified atom stereocenters. The Morgan fingerprint density at radius 2 is 1.91 bits per heavy atom. The molecule has 0 aliphatic carbocycles. The van der Waals surface area contributed by atoms with Crippen molar-refractivity contribution in [1.82, 2.24) is 4.98 Å². The number of nitrogens with zero attached hydrogens (tertiary/aromatic N) is 1. The number of primary amides is 1. The molecule has 2 heterocycles. The van der Waals surface area contributed by atoms with E-state index < -0.39 is 63.9 Å². The Morgan fingerprint density at radius 3 is 2.47 bits per heavy atom. The summed E-state index contributed by atoms with van der Waals surface area (Å²) in [7, 11) is 0.996. The standard InChI is InChI=1S/C21H19ClF5N3O4/c1-8-13(10-7-11(22)14(23)15(24)16(10)33-3)17(34-20(8,2)21(25,26)27)19(32)30-9-4-5-29-12(6-9)18(28)31/h4-8,13,17H,1-3H3,(H2,28,31)(H,29,30,32)/t8-,13-,17+,20-/m0/s1. The molecule has 2 amide bonds. The molecule has 7 nitrogen and oxygen atoms in total. The number of nitrogens with two attached hydrogens (primary N) is 1. The first-order valence-corrected chi connectivity index (χ1v) is 10.1. The quantitative estimate of drug-likeness (QED) is 0.466. The van der Waals surface area contributed by atoms with Gasteiger partial charge in [-0.05, 0) is 25.1 Å². The zero-order chi connectivity index (χ0) is 25.6. The fourth-order valence-corrected chi connectivity index (χ4v) is 4.13. The predicted molar refractivity (Wildman–Crippen MR) is 111 cm³/mol. The van der Waals surface area contributed by atoms with Crippen molar-refractivity contribution in [3.05, 3.63) is 52.3 Å². The Hall–Kier alpha value is -2.99. The number of pyridine rings is 1. The molecule has 0 saturated carbocycles. The summed E-state index contributed by atoms with van der Waals surface area (Å²) in [6.07, 6.45) is -5.60. The minimum Gasteiger partial charge on any atom is -0.493 e. The molecule has 184 valence electrons.